The van der Waals surface area contributed by atoms with Gasteiger partial charge in [0.05, 0.1) is 5.69 Å². The molecule has 23 heavy (non-hydrogen) atoms. The van der Waals surface area contributed by atoms with Crippen molar-refractivity contribution in [3.63, 3.8) is 0 Å². The van der Waals surface area contributed by atoms with E-state index in [1.54, 1.807) is 24.3 Å². The monoisotopic (exact) mass is 314 g/mol. The van der Waals surface area contributed by atoms with E-state index < -0.39 is 18.1 Å². The van der Waals surface area contributed by atoms with Gasteiger partial charge < -0.3 is 15.2 Å². The molecule has 0 unspecified atom stereocenters. The Balaban J connectivity index is 1.96. The molecular formula is C17H18N2O4. The van der Waals surface area contributed by atoms with Gasteiger partial charge in [-0.1, -0.05) is 42.5 Å². The Morgan fingerprint density at radius 1 is 1.09 bits per heavy atom. The number of carbonyl (C=O) groups excluding carboxylic acids is 2. The number of ether oxygens (including phenoxy) is 2. The van der Waals surface area contributed by atoms with Gasteiger partial charge in [0.15, 0.2) is 5.75 Å². The van der Waals surface area contributed by atoms with Crippen LogP contribution in [0.1, 0.15) is 12.5 Å². The first-order valence-corrected chi connectivity index (χ1v) is 7.10. The van der Waals surface area contributed by atoms with E-state index in [2.05, 4.69) is 5.32 Å². The molecular weight excluding hydrogens is 296 g/mol. The van der Waals surface area contributed by atoms with E-state index in [4.69, 9.17) is 15.2 Å². The lowest BCUT2D eigenvalue weighted by Crippen LogP contribution is -2.31. The summed E-state index contributed by atoms with van der Waals surface area (Å²) < 4.78 is 10.3. The molecule has 2 aromatic carbocycles. The Kier molecular flexibility index (Phi) is 5.71. The predicted molar refractivity (Wildman–Crippen MR) is 86.0 cm³/mol. The van der Waals surface area contributed by atoms with Gasteiger partial charge in [0, 0.05) is 0 Å². The van der Waals surface area contributed by atoms with Gasteiger partial charge in [-0.3, -0.25) is 5.32 Å². The number of amides is 1. The van der Waals surface area contributed by atoms with Crippen LogP contribution in [0.15, 0.2) is 54.6 Å². The third-order valence-electron chi connectivity index (χ3n) is 2.92. The summed E-state index contributed by atoms with van der Waals surface area (Å²) in [5.74, 6) is -0.372. The lowest BCUT2D eigenvalue weighted by molar-refractivity contribution is -0.135. The Morgan fingerprint density at radius 2 is 1.74 bits per heavy atom. The molecule has 0 aliphatic carbocycles. The average molecular weight is 314 g/mol. The zero-order chi connectivity index (χ0) is 16.7. The Bertz CT molecular complexity index is 671. The first kappa shape index (κ1) is 16.5. The van der Waals surface area contributed by atoms with Crippen molar-refractivity contribution >= 4 is 17.7 Å². The van der Waals surface area contributed by atoms with Crippen LogP contribution in [0.4, 0.5) is 10.5 Å². The average Bonchev–Trinajstić information content (AvgIpc) is 2.55. The van der Waals surface area contributed by atoms with Crippen LogP contribution in [0.5, 0.6) is 5.75 Å². The van der Waals surface area contributed by atoms with Crippen molar-refractivity contribution in [2.75, 3.05) is 5.32 Å². The standard InChI is InChI=1S/C17H18N2O4/c1-12(18)16(20)23-15-10-6-5-9-14(15)19-17(21)22-11-13-7-3-2-4-8-13/h2-10,12H,11,18H2,1H3,(H,19,21)/t12-/m0/s1. The second-order valence-corrected chi connectivity index (χ2v) is 4.89. The number of hydrogen-bond donors (Lipinski definition) is 2. The minimum absolute atomic E-state index is 0.147. The molecule has 2 aromatic rings. The van der Waals surface area contributed by atoms with E-state index in [9.17, 15) is 9.59 Å². The van der Waals surface area contributed by atoms with Crippen LogP contribution >= 0.6 is 0 Å². The predicted octanol–water partition coefficient (Wildman–Crippen LogP) is 2.69. The van der Waals surface area contributed by atoms with Crippen molar-refractivity contribution in [3.8, 4) is 5.75 Å². The highest BCUT2D eigenvalue weighted by Gasteiger charge is 2.14. The van der Waals surface area contributed by atoms with Gasteiger partial charge in [-0.05, 0) is 24.6 Å². The molecule has 0 saturated heterocycles. The molecule has 1 atom stereocenters. The fourth-order valence-corrected chi connectivity index (χ4v) is 1.73. The summed E-state index contributed by atoms with van der Waals surface area (Å²) in [6.07, 6.45) is -0.641. The molecule has 0 fully saturated rings. The molecule has 120 valence electrons. The van der Waals surface area contributed by atoms with E-state index in [0.29, 0.717) is 5.69 Å². The second-order valence-electron chi connectivity index (χ2n) is 4.89. The number of hydrogen-bond acceptors (Lipinski definition) is 5. The number of nitrogens with two attached hydrogens (primary N) is 1. The maximum absolute atomic E-state index is 11.9. The zero-order valence-corrected chi connectivity index (χ0v) is 12.7. The third-order valence-corrected chi connectivity index (χ3v) is 2.92. The minimum Gasteiger partial charge on any atom is -0.444 e. The molecule has 0 aliphatic rings. The van der Waals surface area contributed by atoms with Crippen LogP contribution < -0.4 is 15.8 Å². The minimum atomic E-state index is -0.756. The molecule has 1 amide bonds. The van der Waals surface area contributed by atoms with Crippen molar-refractivity contribution in [1.29, 1.82) is 0 Å². The number of benzene rings is 2. The summed E-state index contributed by atoms with van der Waals surface area (Å²) in [6.45, 7) is 1.67. The van der Waals surface area contributed by atoms with Crippen LogP contribution in [0.2, 0.25) is 0 Å². The van der Waals surface area contributed by atoms with Crippen LogP contribution in [0.25, 0.3) is 0 Å². The molecule has 2 rings (SSSR count). The number of esters is 1. The molecule has 6 nitrogen and oxygen atoms in total. The van der Waals surface area contributed by atoms with E-state index in [1.807, 2.05) is 30.3 Å². The van der Waals surface area contributed by atoms with Gasteiger partial charge in [0.2, 0.25) is 0 Å². The molecule has 0 heterocycles. The lowest BCUT2D eigenvalue weighted by atomic mass is 10.2. The molecule has 0 saturated carbocycles. The summed E-state index contributed by atoms with van der Waals surface area (Å²) in [4.78, 5) is 23.4. The second kappa shape index (κ2) is 7.95. The quantitative estimate of drug-likeness (QED) is 0.654. The van der Waals surface area contributed by atoms with Crippen molar-refractivity contribution in [1.82, 2.24) is 0 Å². The smallest absolute Gasteiger partial charge is 0.412 e. The summed E-state index contributed by atoms with van der Waals surface area (Å²) in [6, 6.07) is 15.1. The van der Waals surface area contributed by atoms with Crippen LogP contribution in [0.3, 0.4) is 0 Å². The number of nitrogens with one attached hydrogen (secondary N) is 1. The first-order chi connectivity index (χ1) is 11.1. The molecule has 6 heteroatoms. The van der Waals surface area contributed by atoms with Crippen molar-refractivity contribution in [2.45, 2.75) is 19.6 Å². The molecule has 0 bridgehead atoms. The van der Waals surface area contributed by atoms with Crippen LogP contribution in [0, 0.1) is 0 Å². The topological polar surface area (TPSA) is 90.7 Å². The Morgan fingerprint density at radius 3 is 2.43 bits per heavy atom. The van der Waals surface area contributed by atoms with Gasteiger partial charge >= 0.3 is 12.1 Å². The summed E-state index contributed by atoms with van der Waals surface area (Å²) in [7, 11) is 0. The van der Waals surface area contributed by atoms with Crippen molar-refractivity contribution in [3.05, 3.63) is 60.2 Å². The van der Waals surface area contributed by atoms with Gasteiger partial charge in [-0.15, -0.1) is 0 Å². The maximum Gasteiger partial charge on any atom is 0.412 e. The largest absolute Gasteiger partial charge is 0.444 e. The number of carbonyl (C=O) groups is 2. The van der Waals surface area contributed by atoms with E-state index in [0.717, 1.165) is 5.56 Å². The highest BCUT2D eigenvalue weighted by molar-refractivity contribution is 5.88. The highest BCUT2D eigenvalue weighted by atomic mass is 16.6. The zero-order valence-electron chi connectivity index (χ0n) is 12.7. The Labute approximate surface area is 134 Å². The highest BCUT2D eigenvalue weighted by Crippen LogP contribution is 2.24. The van der Waals surface area contributed by atoms with E-state index >= 15 is 0 Å². The van der Waals surface area contributed by atoms with Crippen LogP contribution in [-0.2, 0) is 16.1 Å². The fourth-order valence-electron chi connectivity index (χ4n) is 1.73. The lowest BCUT2D eigenvalue weighted by Gasteiger charge is -2.12. The molecule has 3 N–H and O–H groups in total. The van der Waals surface area contributed by atoms with Gasteiger partial charge in [0.1, 0.15) is 12.6 Å². The summed E-state index contributed by atoms with van der Waals surface area (Å²) >= 11 is 0. The normalized spacial score (nSPS) is 11.4. The van der Waals surface area contributed by atoms with Gasteiger partial charge in [0.25, 0.3) is 0 Å². The first-order valence-electron chi connectivity index (χ1n) is 7.10. The van der Waals surface area contributed by atoms with E-state index in [1.165, 1.54) is 6.92 Å². The van der Waals surface area contributed by atoms with Crippen molar-refractivity contribution in [2.24, 2.45) is 5.73 Å². The third kappa shape index (κ3) is 5.12. The number of rotatable bonds is 5. The van der Waals surface area contributed by atoms with Crippen LogP contribution in [-0.4, -0.2) is 18.1 Å². The van der Waals surface area contributed by atoms with Crippen molar-refractivity contribution < 1.29 is 19.1 Å². The maximum atomic E-state index is 11.9. The SMILES string of the molecule is C[C@H](N)C(=O)Oc1ccccc1NC(=O)OCc1ccccc1. The van der Waals surface area contributed by atoms with Gasteiger partial charge in [-0.25, -0.2) is 9.59 Å². The molecule has 0 spiro atoms. The molecule has 0 aliphatic heterocycles. The van der Waals surface area contributed by atoms with Gasteiger partial charge in [-0.2, -0.15) is 0 Å². The Hall–Kier alpha value is -2.86. The fraction of sp³-hybridized carbons (Fsp3) is 0.176. The molecule has 0 radical (unpaired) electrons. The van der Waals surface area contributed by atoms with E-state index in [-0.39, 0.29) is 12.4 Å². The summed E-state index contributed by atoms with van der Waals surface area (Å²) in [5.41, 5.74) is 6.67. The number of para-hydroxylation sites is 2. The summed E-state index contributed by atoms with van der Waals surface area (Å²) in [5, 5.41) is 2.55. The number of anilines is 1. The molecule has 0 aromatic heterocycles.